The van der Waals surface area contributed by atoms with Crippen molar-refractivity contribution in [3.05, 3.63) is 76.0 Å². The van der Waals surface area contributed by atoms with E-state index in [4.69, 9.17) is 0 Å². The molecule has 0 unspecified atom stereocenters. The molecule has 0 spiro atoms. The van der Waals surface area contributed by atoms with Gasteiger partial charge in [0.05, 0.1) is 5.69 Å². The van der Waals surface area contributed by atoms with Crippen molar-refractivity contribution in [2.45, 2.75) is 39.3 Å². The largest absolute Gasteiger partial charge is 0.324 e. The van der Waals surface area contributed by atoms with Crippen LogP contribution in [0, 0.1) is 5.82 Å². The third-order valence-electron chi connectivity index (χ3n) is 6.04. The van der Waals surface area contributed by atoms with E-state index in [9.17, 15) is 9.18 Å². The van der Waals surface area contributed by atoms with E-state index in [-0.39, 0.29) is 16.9 Å². The molecular formula is C24H25FN6O. The van der Waals surface area contributed by atoms with Crippen LogP contribution in [0.5, 0.6) is 0 Å². The molecule has 5 rings (SSSR count). The van der Waals surface area contributed by atoms with E-state index in [1.165, 1.54) is 23.3 Å². The van der Waals surface area contributed by atoms with E-state index in [0.29, 0.717) is 29.2 Å². The van der Waals surface area contributed by atoms with Crippen LogP contribution >= 0.6 is 0 Å². The highest BCUT2D eigenvalue weighted by Crippen LogP contribution is 2.30. The van der Waals surface area contributed by atoms with E-state index < -0.39 is 0 Å². The van der Waals surface area contributed by atoms with Crippen LogP contribution in [0.3, 0.4) is 0 Å². The van der Waals surface area contributed by atoms with Crippen LogP contribution < -0.4 is 16.2 Å². The predicted molar refractivity (Wildman–Crippen MR) is 123 cm³/mol. The Morgan fingerprint density at radius 2 is 1.97 bits per heavy atom. The van der Waals surface area contributed by atoms with Crippen LogP contribution in [-0.4, -0.2) is 25.9 Å². The Bertz CT molecular complexity index is 1370. The molecule has 4 aromatic rings. The maximum atomic E-state index is 13.5. The molecule has 0 amide bonds. The zero-order valence-electron chi connectivity index (χ0n) is 18.3. The van der Waals surface area contributed by atoms with Gasteiger partial charge in [-0.2, -0.15) is 4.98 Å². The molecule has 2 N–H and O–H groups in total. The Balaban J connectivity index is 1.57. The lowest BCUT2D eigenvalue weighted by Crippen LogP contribution is -2.42. The summed E-state index contributed by atoms with van der Waals surface area (Å²) in [6.07, 6.45) is 2.50. The van der Waals surface area contributed by atoms with Crippen molar-refractivity contribution in [3.8, 4) is 5.69 Å². The lowest BCUT2D eigenvalue weighted by atomic mass is 9.85. The molecule has 32 heavy (non-hydrogen) atoms. The standard InChI is InChI=1S/C24H25FN6O/c1-4-30-22(32)19-14-26-23(29-21(19)31(30)18-8-5-16(25)6-9-18)28-17-7-10-20-15(13-17)11-12-27-24(20,2)3/h5-10,13-14,27H,4,11-12H2,1-3H3,(H,26,28,29). The minimum Gasteiger partial charge on any atom is -0.324 e. The first-order chi connectivity index (χ1) is 15.4. The van der Waals surface area contributed by atoms with Crippen LogP contribution in [-0.2, 0) is 18.5 Å². The molecule has 2 aromatic carbocycles. The lowest BCUT2D eigenvalue weighted by molar-refractivity contribution is 0.382. The van der Waals surface area contributed by atoms with Gasteiger partial charge < -0.3 is 10.6 Å². The Labute approximate surface area is 184 Å². The highest BCUT2D eigenvalue weighted by atomic mass is 19.1. The summed E-state index contributed by atoms with van der Waals surface area (Å²) >= 11 is 0. The summed E-state index contributed by atoms with van der Waals surface area (Å²) in [5, 5.41) is 7.24. The van der Waals surface area contributed by atoms with Gasteiger partial charge in [0.1, 0.15) is 11.2 Å². The van der Waals surface area contributed by atoms with Gasteiger partial charge in [-0.05, 0) is 81.3 Å². The second-order valence-corrected chi connectivity index (χ2v) is 8.54. The maximum absolute atomic E-state index is 13.5. The molecule has 164 valence electrons. The van der Waals surface area contributed by atoms with E-state index in [1.54, 1.807) is 27.7 Å². The van der Waals surface area contributed by atoms with Crippen molar-refractivity contribution in [3.63, 3.8) is 0 Å². The smallest absolute Gasteiger partial charge is 0.278 e. The Morgan fingerprint density at radius 1 is 1.19 bits per heavy atom. The van der Waals surface area contributed by atoms with Gasteiger partial charge in [0, 0.05) is 24.0 Å². The van der Waals surface area contributed by atoms with Crippen LogP contribution in [0.1, 0.15) is 31.9 Å². The van der Waals surface area contributed by atoms with Crippen molar-refractivity contribution in [2.24, 2.45) is 0 Å². The molecule has 0 fully saturated rings. The molecule has 3 heterocycles. The molecule has 0 aliphatic carbocycles. The molecule has 7 nitrogen and oxygen atoms in total. The first kappa shape index (κ1) is 20.4. The van der Waals surface area contributed by atoms with E-state index in [2.05, 4.69) is 46.6 Å². The summed E-state index contributed by atoms with van der Waals surface area (Å²) in [6.45, 7) is 7.63. The summed E-state index contributed by atoms with van der Waals surface area (Å²) in [5.74, 6) is 0.0631. The van der Waals surface area contributed by atoms with Gasteiger partial charge in [0.2, 0.25) is 5.95 Å². The Hall–Kier alpha value is -3.52. The first-order valence-electron chi connectivity index (χ1n) is 10.8. The van der Waals surface area contributed by atoms with Crippen molar-refractivity contribution in [1.29, 1.82) is 0 Å². The maximum Gasteiger partial charge on any atom is 0.278 e. The summed E-state index contributed by atoms with van der Waals surface area (Å²) in [4.78, 5) is 21.9. The number of hydrogen-bond donors (Lipinski definition) is 2. The number of aromatic nitrogens is 4. The monoisotopic (exact) mass is 432 g/mol. The quantitative estimate of drug-likeness (QED) is 0.512. The topological polar surface area (TPSA) is 76.8 Å². The SMILES string of the molecule is CCn1c(=O)c2cnc(Nc3ccc4c(c3)CCNC4(C)C)nc2n1-c1ccc(F)cc1. The lowest BCUT2D eigenvalue weighted by Gasteiger charge is -2.34. The first-order valence-corrected chi connectivity index (χ1v) is 10.8. The van der Waals surface area contributed by atoms with Gasteiger partial charge in [-0.15, -0.1) is 0 Å². The number of fused-ring (bicyclic) bond motifs is 2. The van der Waals surface area contributed by atoms with Crippen LogP contribution in [0.15, 0.2) is 53.5 Å². The minimum atomic E-state index is -0.335. The van der Waals surface area contributed by atoms with Crippen LogP contribution in [0.2, 0.25) is 0 Å². The number of nitrogens with zero attached hydrogens (tertiary/aromatic N) is 4. The molecule has 1 aliphatic rings. The van der Waals surface area contributed by atoms with Crippen molar-refractivity contribution >= 4 is 22.7 Å². The average molecular weight is 433 g/mol. The van der Waals surface area contributed by atoms with Crippen molar-refractivity contribution < 1.29 is 4.39 Å². The van der Waals surface area contributed by atoms with Crippen molar-refractivity contribution in [1.82, 2.24) is 24.6 Å². The minimum absolute atomic E-state index is 0.0597. The zero-order chi connectivity index (χ0) is 22.5. The fraction of sp³-hybridized carbons (Fsp3) is 0.292. The molecule has 0 radical (unpaired) electrons. The summed E-state index contributed by atoms with van der Waals surface area (Å²) in [7, 11) is 0. The van der Waals surface area contributed by atoms with E-state index in [0.717, 1.165) is 18.7 Å². The molecular weight excluding hydrogens is 407 g/mol. The molecule has 0 bridgehead atoms. The predicted octanol–water partition coefficient (Wildman–Crippen LogP) is 3.87. The highest BCUT2D eigenvalue weighted by Gasteiger charge is 2.26. The zero-order valence-corrected chi connectivity index (χ0v) is 18.3. The fourth-order valence-electron chi connectivity index (χ4n) is 4.44. The summed E-state index contributed by atoms with van der Waals surface area (Å²) < 4.78 is 16.7. The van der Waals surface area contributed by atoms with Gasteiger partial charge in [-0.1, -0.05) is 6.07 Å². The molecule has 8 heteroatoms. The fourth-order valence-corrected chi connectivity index (χ4v) is 4.44. The number of nitrogens with one attached hydrogen (secondary N) is 2. The number of anilines is 2. The van der Waals surface area contributed by atoms with Gasteiger partial charge in [-0.25, -0.2) is 18.7 Å². The number of benzene rings is 2. The number of hydrogen-bond acceptors (Lipinski definition) is 5. The van der Waals surface area contributed by atoms with Crippen LogP contribution in [0.4, 0.5) is 16.0 Å². The molecule has 0 saturated heterocycles. The Morgan fingerprint density at radius 3 is 2.72 bits per heavy atom. The summed E-state index contributed by atoms with van der Waals surface area (Å²) in [5.41, 5.74) is 4.37. The third-order valence-corrected chi connectivity index (χ3v) is 6.04. The normalized spacial score (nSPS) is 15.0. The second kappa shape index (κ2) is 7.56. The third kappa shape index (κ3) is 3.36. The Kier molecular flexibility index (Phi) is 4.82. The number of rotatable bonds is 4. The van der Waals surface area contributed by atoms with E-state index >= 15 is 0 Å². The molecule has 0 atom stereocenters. The molecule has 1 aliphatic heterocycles. The average Bonchev–Trinajstić information content (AvgIpc) is 3.05. The van der Waals surface area contributed by atoms with Gasteiger partial charge >= 0.3 is 0 Å². The second-order valence-electron chi connectivity index (χ2n) is 8.54. The molecule has 0 saturated carbocycles. The number of halogens is 1. The van der Waals surface area contributed by atoms with Gasteiger partial charge in [-0.3, -0.25) is 4.79 Å². The highest BCUT2D eigenvalue weighted by molar-refractivity contribution is 5.77. The molecule has 2 aromatic heterocycles. The summed E-state index contributed by atoms with van der Waals surface area (Å²) in [6, 6.07) is 12.3. The van der Waals surface area contributed by atoms with Crippen molar-refractivity contribution in [2.75, 3.05) is 11.9 Å². The van der Waals surface area contributed by atoms with Gasteiger partial charge in [0.15, 0.2) is 5.65 Å². The van der Waals surface area contributed by atoms with E-state index in [1.807, 2.05) is 13.0 Å². The van der Waals surface area contributed by atoms with Crippen LogP contribution in [0.25, 0.3) is 16.7 Å². The van der Waals surface area contributed by atoms with Gasteiger partial charge in [0.25, 0.3) is 5.56 Å².